The Balaban J connectivity index is 1.54. The van der Waals surface area contributed by atoms with Gasteiger partial charge in [-0.1, -0.05) is 42.5 Å². The molecule has 0 aliphatic rings. The average molecular weight is 342 g/mol. The fourth-order valence-corrected chi connectivity index (χ4v) is 3.08. The molecule has 1 amide bonds. The van der Waals surface area contributed by atoms with Gasteiger partial charge in [-0.25, -0.2) is 9.67 Å². The summed E-state index contributed by atoms with van der Waals surface area (Å²) in [4.78, 5) is 18.4. The van der Waals surface area contributed by atoms with Gasteiger partial charge in [-0.2, -0.15) is 5.10 Å². The predicted molar refractivity (Wildman–Crippen MR) is 101 cm³/mol. The number of carbonyl (C=O) groups excluding carboxylic acids is 1. The Labute approximate surface area is 151 Å². The molecule has 128 valence electrons. The van der Waals surface area contributed by atoms with Crippen LogP contribution >= 0.6 is 0 Å². The number of hydrogen-bond acceptors (Lipinski definition) is 3. The van der Waals surface area contributed by atoms with Gasteiger partial charge in [0.15, 0.2) is 0 Å². The van der Waals surface area contributed by atoms with Crippen molar-refractivity contribution in [2.75, 3.05) is 7.05 Å². The van der Waals surface area contributed by atoms with Gasteiger partial charge in [0.1, 0.15) is 12.7 Å². The molecule has 0 saturated carbocycles. The SMILES string of the molecule is CN(Cc1cccc2ccccc12)C(=O)c1ccc(-n2cncn2)cc1. The number of carbonyl (C=O) groups is 1. The summed E-state index contributed by atoms with van der Waals surface area (Å²) >= 11 is 0. The van der Waals surface area contributed by atoms with Crippen molar-refractivity contribution in [2.24, 2.45) is 0 Å². The fraction of sp³-hybridized carbons (Fsp3) is 0.0952. The van der Waals surface area contributed by atoms with E-state index in [0.29, 0.717) is 12.1 Å². The normalized spacial score (nSPS) is 10.8. The van der Waals surface area contributed by atoms with Crippen molar-refractivity contribution in [3.05, 3.63) is 90.5 Å². The lowest BCUT2D eigenvalue weighted by Gasteiger charge is -2.19. The summed E-state index contributed by atoms with van der Waals surface area (Å²) in [6.07, 6.45) is 3.11. The molecule has 4 rings (SSSR count). The molecule has 0 spiro atoms. The van der Waals surface area contributed by atoms with Gasteiger partial charge in [-0.15, -0.1) is 0 Å². The van der Waals surface area contributed by atoms with Gasteiger partial charge >= 0.3 is 0 Å². The molecule has 0 N–H and O–H groups in total. The second-order valence-corrected chi connectivity index (χ2v) is 6.19. The Bertz CT molecular complexity index is 1030. The third-order valence-corrected chi connectivity index (χ3v) is 4.43. The van der Waals surface area contributed by atoms with Gasteiger partial charge in [-0.3, -0.25) is 4.79 Å². The van der Waals surface area contributed by atoms with Crippen molar-refractivity contribution in [2.45, 2.75) is 6.54 Å². The highest BCUT2D eigenvalue weighted by atomic mass is 16.2. The van der Waals surface area contributed by atoms with Crippen molar-refractivity contribution < 1.29 is 4.79 Å². The molecule has 0 atom stereocenters. The highest BCUT2D eigenvalue weighted by molar-refractivity contribution is 5.94. The molecule has 4 aromatic rings. The fourth-order valence-electron chi connectivity index (χ4n) is 3.08. The maximum atomic E-state index is 12.8. The molecule has 0 bridgehead atoms. The molecule has 0 fully saturated rings. The van der Waals surface area contributed by atoms with Crippen LogP contribution in [0, 0.1) is 0 Å². The maximum absolute atomic E-state index is 12.8. The molecule has 0 aliphatic heterocycles. The smallest absolute Gasteiger partial charge is 0.253 e. The van der Waals surface area contributed by atoms with Crippen LogP contribution in [0.2, 0.25) is 0 Å². The van der Waals surface area contributed by atoms with Crippen LogP contribution in [-0.4, -0.2) is 32.6 Å². The zero-order valence-corrected chi connectivity index (χ0v) is 14.4. The van der Waals surface area contributed by atoms with Crippen molar-refractivity contribution in [1.82, 2.24) is 19.7 Å². The van der Waals surface area contributed by atoms with Gasteiger partial charge in [0.05, 0.1) is 5.69 Å². The minimum absolute atomic E-state index is 0.0110. The number of benzene rings is 3. The molecule has 26 heavy (non-hydrogen) atoms. The van der Waals surface area contributed by atoms with Crippen molar-refractivity contribution in [1.29, 1.82) is 0 Å². The summed E-state index contributed by atoms with van der Waals surface area (Å²) in [5.41, 5.74) is 2.66. The molecule has 5 heteroatoms. The van der Waals surface area contributed by atoms with E-state index in [1.165, 1.54) is 17.1 Å². The standard InChI is InChI=1S/C21H18N4O/c1-24(13-18-7-4-6-16-5-2-3-8-20(16)18)21(26)17-9-11-19(12-10-17)25-15-22-14-23-25/h2-12,14-15H,13H2,1H3. The lowest BCUT2D eigenvalue weighted by molar-refractivity contribution is 0.0785. The van der Waals surface area contributed by atoms with Crippen LogP contribution in [0.4, 0.5) is 0 Å². The minimum Gasteiger partial charge on any atom is -0.337 e. The van der Waals surface area contributed by atoms with Gasteiger partial charge in [0.25, 0.3) is 5.91 Å². The van der Waals surface area contributed by atoms with Crippen molar-refractivity contribution >= 4 is 16.7 Å². The van der Waals surface area contributed by atoms with E-state index >= 15 is 0 Å². The van der Waals surface area contributed by atoms with Crippen molar-refractivity contribution in [3.8, 4) is 5.69 Å². The number of nitrogens with zero attached hydrogens (tertiary/aromatic N) is 4. The van der Waals surface area contributed by atoms with E-state index in [1.54, 1.807) is 15.9 Å². The predicted octanol–water partition coefficient (Wildman–Crippen LogP) is 3.69. The number of aromatic nitrogens is 3. The van der Waals surface area contributed by atoms with Gasteiger partial charge in [-0.05, 0) is 40.6 Å². The van der Waals surface area contributed by atoms with Crippen LogP contribution in [0.5, 0.6) is 0 Å². The average Bonchev–Trinajstić information content (AvgIpc) is 3.23. The molecule has 1 heterocycles. The second kappa shape index (κ2) is 6.80. The summed E-state index contributed by atoms with van der Waals surface area (Å²) in [5.74, 6) is -0.0110. The zero-order valence-electron chi connectivity index (χ0n) is 14.4. The highest BCUT2D eigenvalue weighted by Gasteiger charge is 2.13. The van der Waals surface area contributed by atoms with Crippen LogP contribution in [0.3, 0.4) is 0 Å². The van der Waals surface area contributed by atoms with Gasteiger partial charge in [0.2, 0.25) is 0 Å². The quantitative estimate of drug-likeness (QED) is 0.568. The summed E-state index contributed by atoms with van der Waals surface area (Å²) in [6, 6.07) is 21.8. The monoisotopic (exact) mass is 342 g/mol. The summed E-state index contributed by atoms with van der Waals surface area (Å²) in [6.45, 7) is 0.561. The first-order valence-corrected chi connectivity index (χ1v) is 8.39. The molecular formula is C21H18N4O. The first kappa shape index (κ1) is 16.0. The topological polar surface area (TPSA) is 51.0 Å². The Morgan fingerprint density at radius 2 is 1.77 bits per heavy atom. The second-order valence-electron chi connectivity index (χ2n) is 6.19. The molecule has 3 aromatic carbocycles. The Morgan fingerprint density at radius 3 is 2.54 bits per heavy atom. The molecule has 0 saturated heterocycles. The lowest BCUT2D eigenvalue weighted by atomic mass is 10.0. The lowest BCUT2D eigenvalue weighted by Crippen LogP contribution is -2.26. The van der Waals surface area contributed by atoms with E-state index in [-0.39, 0.29) is 5.91 Å². The van der Waals surface area contributed by atoms with Crippen LogP contribution in [0.25, 0.3) is 16.5 Å². The molecular weight excluding hydrogens is 324 g/mol. The third kappa shape index (κ3) is 3.07. The largest absolute Gasteiger partial charge is 0.337 e. The first-order chi connectivity index (χ1) is 12.7. The number of amides is 1. The Hall–Kier alpha value is -3.47. The van der Waals surface area contributed by atoms with E-state index in [4.69, 9.17) is 0 Å². The zero-order chi connectivity index (χ0) is 17.9. The minimum atomic E-state index is -0.0110. The summed E-state index contributed by atoms with van der Waals surface area (Å²) in [7, 11) is 1.83. The van der Waals surface area contributed by atoms with Crippen LogP contribution in [-0.2, 0) is 6.54 Å². The number of hydrogen-bond donors (Lipinski definition) is 0. The van der Waals surface area contributed by atoms with Gasteiger partial charge < -0.3 is 4.90 Å². The van der Waals surface area contributed by atoms with Crippen molar-refractivity contribution in [3.63, 3.8) is 0 Å². The van der Waals surface area contributed by atoms with E-state index in [0.717, 1.165) is 11.3 Å². The van der Waals surface area contributed by atoms with E-state index in [1.807, 2.05) is 49.5 Å². The molecule has 5 nitrogen and oxygen atoms in total. The molecule has 0 unspecified atom stereocenters. The first-order valence-electron chi connectivity index (χ1n) is 8.39. The Morgan fingerprint density at radius 1 is 1.00 bits per heavy atom. The van der Waals surface area contributed by atoms with Crippen LogP contribution in [0.15, 0.2) is 79.4 Å². The summed E-state index contributed by atoms with van der Waals surface area (Å²) in [5, 5.41) is 6.45. The van der Waals surface area contributed by atoms with E-state index in [2.05, 4.69) is 34.3 Å². The van der Waals surface area contributed by atoms with Crippen LogP contribution in [0.1, 0.15) is 15.9 Å². The molecule has 1 aromatic heterocycles. The van der Waals surface area contributed by atoms with Crippen LogP contribution < -0.4 is 0 Å². The maximum Gasteiger partial charge on any atom is 0.253 e. The highest BCUT2D eigenvalue weighted by Crippen LogP contribution is 2.20. The molecule has 0 aliphatic carbocycles. The summed E-state index contributed by atoms with van der Waals surface area (Å²) < 4.78 is 1.66. The molecule has 0 radical (unpaired) electrons. The number of rotatable bonds is 4. The van der Waals surface area contributed by atoms with E-state index < -0.39 is 0 Å². The van der Waals surface area contributed by atoms with E-state index in [9.17, 15) is 4.79 Å². The number of fused-ring (bicyclic) bond motifs is 1. The third-order valence-electron chi connectivity index (χ3n) is 4.43. The van der Waals surface area contributed by atoms with Gasteiger partial charge in [0, 0.05) is 19.2 Å². The Kier molecular flexibility index (Phi) is 4.19.